The molecule has 0 saturated carbocycles. The number of hydrogen-bond donors (Lipinski definition) is 1. The van der Waals surface area contributed by atoms with E-state index in [9.17, 15) is 9.90 Å². The predicted octanol–water partition coefficient (Wildman–Crippen LogP) is 3.79. The highest BCUT2D eigenvalue weighted by Crippen LogP contribution is 2.40. The number of likely N-dealkylation sites (tertiary alicyclic amines) is 1. The quantitative estimate of drug-likeness (QED) is 0.848. The summed E-state index contributed by atoms with van der Waals surface area (Å²) in [5.74, 6) is 0.677. The molecule has 1 aromatic heterocycles. The molecule has 5 nitrogen and oxygen atoms in total. The van der Waals surface area contributed by atoms with Crippen molar-refractivity contribution in [2.45, 2.75) is 31.3 Å². The minimum Gasteiger partial charge on any atom is -0.497 e. The van der Waals surface area contributed by atoms with Crippen molar-refractivity contribution in [1.29, 1.82) is 0 Å². The van der Waals surface area contributed by atoms with Gasteiger partial charge in [-0.2, -0.15) is 11.3 Å². The number of carbonyl (C=O) groups is 1. The van der Waals surface area contributed by atoms with Gasteiger partial charge in [0.2, 0.25) is 0 Å². The van der Waals surface area contributed by atoms with Crippen molar-refractivity contribution < 1.29 is 19.4 Å². The molecule has 2 aromatic rings. The molecule has 1 N–H and O–H groups in total. The van der Waals surface area contributed by atoms with Gasteiger partial charge in [0.05, 0.1) is 20.3 Å². The van der Waals surface area contributed by atoms with Crippen LogP contribution >= 0.6 is 11.3 Å². The van der Waals surface area contributed by atoms with Crippen LogP contribution in [0.2, 0.25) is 0 Å². The highest BCUT2D eigenvalue weighted by atomic mass is 32.1. The molecule has 2 heterocycles. The van der Waals surface area contributed by atoms with Crippen LogP contribution in [0.25, 0.3) is 0 Å². The zero-order chi connectivity index (χ0) is 17.8. The lowest BCUT2D eigenvalue weighted by atomic mass is 9.92. The van der Waals surface area contributed by atoms with E-state index in [1.54, 1.807) is 25.6 Å². The fraction of sp³-hybridized carbons (Fsp3) is 0.421. The molecule has 0 radical (unpaired) electrons. The lowest BCUT2D eigenvalue weighted by Crippen LogP contribution is -2.46. The summed E-state index contributed by atoms with van der Waals surface area (Å²) >= 11 is 1.62. The molecule has 6 heteroatoms. The largest absolute Gasteiger partial charge is 0.497 e. The van der Waals surface area contributed by atoms with E-state index < -0.39 is 12.0 Å². The van der Waals surface area contributed by atoms with Crippen molar-refractivity contribution in [2.75, 3.05) is 20.8 Å². The maximum Gasteiger partial charge on any atom is 0.320 e. The number of carboxylic acid groups (broad SMARTS) is 1. The van der Waals surface area contributed by atoms with Crippen LogP contribution in [0.15, 0.2) is 35.0 Å². The monoisotopic (exact) mass is 361 g/mol. The Bertz CT molecular complexity index is 716. The minimum atomic E-state index is -0.757. The Morgan fingerprint density at radius 1 is 1.28 bits per heavy atom. The van der Waals surface area contributed by atoms with Crippen LogP contribution in [0.3, 0.4) is 0 Å². The van der Waals surface area contributed by atoms with Crippen LogP contribution < -0.4 is 9.47 Å². The zero-order valence-electron chi connectivity index (χ0n) is 14.5. The third-order valence-corrected chi connectivity index (χ3v) is 5.46. The van der Waals surface area contributed by atoms with Gasteiger partial charge < -0.3 is 14.6 Å². The van der Waals surface area contributed by atoms with Crippen molar-refractivity contribution in [2.24, 2.45) is 0 Å². The highest BCUT2D eigenvalue weighted by Gasteiger charge is 2.36. The van der Waals surface area contributed by atoms with Crippen molar-refractivity contribution >= 4 is 17.3 Å². The first-order chi connectivity index (χ1) is 12.2. The summed E-state index contributed by atoms with van der Waals surface area (Å²) in [7, 11) is 3.25. The lowest BCUT2D eigenvalue weighted by molar-refractivity contribution is -0.145. The first-order valence-corrected chi connectivity index (χ1v) is 9.32. The van der Waals surface area contributed by atoms with Gasteiger partial charge in [0.15, 0.2) is 0 Å². The molecule has 1 fully saturated rings. The van der Waals surface area contributed by atoms with Crippen LogP contribution in [0.5, 0.6) is 11.5 Å². The molecule has 1 saturated heterocycles. The average molecular weight is 361 g/mol. The van der Waals surface area contributed by atoms with E-state index in [0.717, 1.165) is 36.3 Å². The van der Waals surface area contributed by atoms with E-state index in [-0.39, 0.29) is 6.04 Å². The number of ether oxygens (including phenoxy) is 2. The standard InChI is InChI=1S/C19H23NO4S/c1-23-14-6-7-15(17(11-14)24-2)18(13-8-10-25-12-13)20-9-4-3-5-16(20)19(21)22/h6-8,10-12,16,18H,3-5,9H2,1-2H3,(H,21,22). The van der Waals surface area contributed by atoms with Gasteiger partial charge in [0.1, 0.15) is 17.5 Å². The third-order valence-electron chi connectivity index (χ3n) is 4.76. The molecular weight excluding hydrogens is 338 g/mol. The molecular formula is C19H23NO4S. The van der Waals surface area contributed by atoms with Crippen LogP contribution in [-0.4, -0.2) is 42.8 Å². The Kier molecular flexibility index (Phi) is 5.60. The maximum absolute atomic E-state index is 11.8. The second kappa shape index (κ2) is 7.89. The number of piperidine rings is 1. The normalized spacial score (nSPS) is 19.4. The lowest BCUT2D eigenvalue weighted by Gasteiger charge is -2.39. The Balaban J connectivity index is 2.08. The molecule has 25 heavy (non-hydrogen) atoms. The number of methoxy groups -OCH3 is 2. The number of carboxylic acids is 1. The minimum absolute atomic E-state index is 0.145. The second-order valence-electron chi connectivity index (χ2n) is 6.15. The van der Waals surface area contributed by atoms with E-state index in [2.05, 4.69) is 16.3 Å². The Morgan fingerprint density at radius 2 is 2.12 bits per heavy atom. The SMILES string of the molecule is COc1ccc(C(c2ccsc2)N2CCCCC2C(=O)O)c(OC)c1. The first-order valence-electron chi connectivity index (χ1n) is 8.38. The molecule has 1 aromatic carbocycles. The molecule has 0 aliphatic carbocycles. The van der Waals surface area contributed by atoms with Gasteiger partial charge in [0.25, 0.3) is 0 Å². The van der Waals surface area contributed by atoms with Gasteiger partial charge in [-0.3, -0.25) is 9.69 Å². The molecule has 2 atom stereocenters. The van der Waals surface area contributed by atoms with Gasteiger partial charge in [-0.1, -0.05) is 6.42 Å². The summed E-state index contributed by atoms with van der Waals surface area (Å²) in [6, 6.07) is 7.17. The maximum atomic E-state index is 11.8. The fourth-order valence-electron chi connectivity index (χ4n) is 3.55. The number of thiophene rings is 1. The summed E-state index contributed by atoms with van der Waals surface area (Å²) in [6.45, 7) is 0.757. The molecule has 0 spiro atoms. The summed E-state index contributed by atoms with van der Waals surface area (Å²) in [4.78, 5) is 13.9. The average Bonchev–Trinajstić information content (AvgIpc) is 3.16. The molecule has 3 rings (SSSR count). The number of hydrogen-bond acceptors (Lipinski definition) is 5. The van der Waals surface area contributed by atoms with E-state index in [1.807, 2.05) is 23.6 Å². The summed E-state index contributed by atoms with van der Waals surface area (Å²) in [6.07, 6.45) is 2.63. The van der Waals surface area contributed by atoms with Gasteiger partial charge in [-0.05, 0) is 53.9 Å². The summed E-state index contributed by atoms with van der Waals surface area (Å²) in [5, 5.41) is 13.8. The number of rotatable bonds is 6. The van der Waals surface area contributed by atoms with Gasteiger partial charge >= 0.3 is 5.97 Å². The van der Waals surface area contributed by atoms with Crippen LogP contribution in [-0.2, 0) is 4.79 Å². The van der Waals surface area contributed by atoms with Crippen molar-refractivity contribution in [3.8, 4) is 11.5 Å². The zero-order valence-corrected chi connectivity index (χ0v) is 15.3. The number of nitrogens with zero attached hydrogens (tertiary/aromatic N) is 1. The number of benzene rings is 1. The van der Waals surface area contributed by atoms with E-state index in [1.165, 1.54) is 0 Å². The smallest absolute Gasteiger partial charge is 0.320 e. The van der Waals surface area contributed by atoms with Crippen molar-refractivity contribution in [1.82, 2.24) is 4.90 Å². The fourth-order valence-corrected chi connectivity index (χ4v) is 4.23. The van der Waals surface area contributed by atoms with E-state index >= 15 is 0 Å². The molecule has 1 aliphatic rings. The molecule has 0 amide bonds. The van der Waals surface area contributed by atoms with Gasteiger partial charge in [-0.25, -0.2) is 0 Å². The topological polar surface area (TPSA) is 59.0 Å². The molecule has 1 aliphatic heterocycles. The predicted molar refractivity (Wildman–Crippen MR) is 97.7 cm³/mol. The van der Waals surface area contributed by atoms with Crippen LogP contribution in [0, 0.1) is 0 Å². The van der Waals surface area contributed by atoms with Gasteiger partial charge in [0, 0.05) is 11.6 Å². The van der Waals surface area contributed by atoms with Gasteiger partial charge in [-0.15, -0.1) is 0 Å². The Labute approximate surface area is 151 Å². The first kappa shape index (κ1) is 17.8. The van der Waals surface area contributed by atoms with Crippen molar-refractivity contribution in [3.63, 3.8) is 0 Å². The van der Waals surface area contributed by atoms with Crippen molar-refractivity contribution in [3.05, 3.63) is 46.2 Å². The van der Waals surface area contributed by atoms with Crippen LogP contribution in [0.4, 0.5) is 0 Å². The van der Waals surface area contributed by atoms with Crippen LogP contribution in [0.1, 0.15) is 36.4 Å². The summed E-state index contributed by atoms with van der Waals surface area (Å²) < 4.78 is 10.9. The van der Waals surface area contributed by atoms with E-state index in [0.29, 0.717) is 12.2 Å². The number of aliphatic carboxylic acids is 1. The Morgan fingerprint density at radius 3 is 2.76 bits per heavy atom. The molecule has 2 unspecified atom stereocenters. The van der Waals surface area contributed by atoms with E-state index in [4.69, 9.17) is 9.47 Å². The third kappa shape index (κ3) is 3.65. The second-order valence-corrected chi connectivity index (χ2v) is 6.93. The Hall–Kier alpha value is -2.05. The molecule has 134 valence electrons. The molecule has 0 bridgehead atoms. The highest BCUT2D eigenvalue weighted by molar-refractivity contribution is 7.08. The summed E-state index contributed by atoms with van der Waals surface area (Å²) in [5.41, 5.74) is 2.07.